The second-order valence-corrected chi connectivity index (χ2v) is 9.79. The Morgan fingerprint density at radius 1 is 0.895 bits per heavy atom. The molecule has 38 heavy (non-hydrogen) atoms. The lowest BCUT2D eigenvalue weighted by Crippen LogP contribution is -2.28. The molecule has 186 valence electrons. The summed E-state index contributed by atoms with van der Waals surface area (Å²) in [7, 11) is 1.96. The van der Waals surface area contributed by atoms with Crippen LogP contribution in [0.2, 0.25) is 12.6 Å². The summed E-state index contributed by atoms with van der Waals surface area (Å²) in [5.74, 6) is 3.80. The molecule has 0 saturated carbocycles. The summed E-state index contributed by atoms with van der Waals surface area (Å²) >= 11 is 0. The Bertz CT molecular complexity index is 1610. The van der Waals surface area contributed by atoms with E-state index in [1.165, 1.54) is 5.56 Å². The van der Waals surface area contributed by atoms with Gasteiger partial charge in [-0.15, -0.1) is 0 Å². The van der Waals surface area contributed by atoms with Crippen LogP contribution >= 0.6 is 0 Å². The highest BCUT2D eigenvalue weighted by atomic mass is 16.5. The van der Waals surface area contributed by atoms with Crippen LogP contribution in [-0.2, 0) is 20.3 Å². The lowest BCUT2D eigenvalue weighted by Gasteiger charge is -2.28. The van der Waals surface area contributed by atoms with Gasteiger partial charge < -0.3 is 9.47 Å². The van der Waals surface area contributed by atoms with Crippen LogP contribution in [0.5, 0.6) is 11.8 Å². The topological polar surface area (TPSA) is 73.0 Å². The third-order valence-corrected chi connectivity index (χ3v) is 7.21. The smallest absolute Gasteiger partial charge is 0.269 e. The van der Waals surface area contributed by atoms with E-state index in [4.69, 9.17) is 24.8 Å². The van der Waals surface area contributed by atoms with Gasteiger partial charge in [-0.3, -0.25) is 4.68 Å². The van der Waals surface area contributed by atoms with E-state index in [-0.39, 0.29) is 6.71 Å². The van der Waals surface area contributed by atoms with E-state index < -0.39 is 0 Å². The number of benzene rings is 3. The van der Waals surface area contributed by atoms with Gasteiger partial charge in [-0.2, -0.15) is 10.1 Å². The maximum atomic E-state index is 9.16. The first kappa shape index (κ1) is 23.8. The molecule has 0 radical (unpaired) electrons. The summed E-state index contributed by atoms with van der Waals surface area (Å²) in [6.07, 6.45) is 1.86. The molecule has 5 aromatic rings. The van der Waals surface area contributed by atoms with Crippen LogP contribution in [-0.4, -0.2) is 21.5 Å². The van der Waals surface area contributed by atoms with Gasteiger partial charge in [-0.05, 0) is 34.7 Å². The summed E-state index contributed by atoms with van der Waals surface area (Å²) in [5.41, 5.74) is 6.09. The molecule has 1 saturated heterocycles. The predicted molar refractivity (Wildman–Crippen MR) is 149 cm³/mol. The Morgan fingerprint density at radius 3 is 2.26 bits per heavy atom. The normalized spacial score (nSPS) is 13.2. The number of ether oxygens (including phenoxy) is 2. The number of hydrogen-bond donors (Lipinski definition) is 0. The first-order valence-electron chi connectivity index (χ1n) is 12.9. The molecule has 3 aromatic carbocycles. The fraction of sp³-hybridized carbons (Fsp3) is 0.194. The molecule has 0 N–H and O–H groups in total. The zero-order valence-corrected chi connectivity index (χ0v) is 21.2. The van der Waals surface area contributed by atoms with Crippen LogP contribution in [0, 0.1) is 11.2 Å². The average Bonchev–Trinajstić information content (AvgIpc) is 3.27. The standard InChI is InChI=1S/C31H27BN4O2/c1-36-28-16-24(25-17-32(18-25)21-33)12-13-26(28)30(35-36)27-14-15-29(37-19-22-8-4-2-5-9-22)34-31(27)38-20-23-10-6-3-7-11-23/h2-16,25H,17-20H2,1H3. The highest BCUT2D eigenvalue weighted by molar-refractivity contribution is 6.70. The van der Waals surface area contributed by atoms with Crippen molar-refractivity contribution in [1.82, 2.24) is 14.8 Å². The molecule has 6 nitrogen and oxygen atoms in total. The van der Waals surface area contributed by atoms with Gasteiger partial charge in [0, 0.05) is 24.5 Å². The Labute approximate surface area is 222 Å². The second kappa shape index (κ2) is 10.4. The lowest BCUT2D eigenvalue weighted by atomic mass is 9.32. The Balaban J connectivity index is 1.33. The molecule has 0 aliphatic carbocycles. The molecule has 0 amide bonds. The number of nitrogens with zero attached hydrogens (tertiary/aromatic N) is 4. The van der Waals surface area contributed by atoms with E-state index in [1.54, 1.807) is 0 Å². The molecular weight excluding hydrogens is 471 g/mol. The molecule has 1 aliphatic rings. The first-order chi connectivity index (χ1) is 18.7. The largest absolute Gasteiger partial charge is 0.473 e. The number of aryl methyl sites for hydroxylation is 1. The van der Waals surface area contributed by atoms with E-state index in [2.05, 4.69) is 24.2 Å². The van der Waals surface area contributed by atoms with Crippen LogP contribution in [0.4, 0.5) is 0 Å². The zero-order chi connectivity index (χ0) is 25.9. The van der Waals surface area contributed by atoms with E-state index in [0.29, 0.717) is 30.9 Å². The van der Waals surface area contributed by atoms with Crippen molar-refractivity contribution in [3.63, 3.8) is 0 Å². The molecule has 1 aliphatic heterocycles. The van der Waals surface area contributed by atoms with Crippen LogP contribution in [0.15, 0.2) is 91.0 Å². The first-order valence-corrected chi connectivity index (χ1v) is 12.9. The van der Waals surface area contributed by atoms with E-state index in [1.807, 2.05) is 84.5 Å². The number of rotatable bonds is 8. The van der Waals surface area contributed by atoms with Crippen LogP contribution < -0.4 is 9.47 Å². The van der Waals surface area contributed by atoms with E-state index in [9.17, 15) is 0 Å². The SMILES string of the molecule is Cn1nc(-c2ccc(OCc3ccccc3)nc2OCc2ccccc2)c2ccc(C3CB(C#N)C3)cc21. The second-order valence-electron chi connectivity index (χ2n) is 9.79. The van der Waals surface area contributed by atoms with E-state index in [0.717, 1.165) is 45.9 Å². The summed E-state index contributed by atoms with van der Waals surface area (Å²) in [5, 5.41) is 15.1. The van der Waals surface area contributed by atoms with E-state index >= 15 is 0 Å². The number of pyridine rings is 1. The number of aromatic nitrogens is 3. The van der Waals surface area contributed by atoms with Crippen LogP contribution in [0.1, 0.15) is 22.6 Å². The molecule has 2 aromatic heterocycles. The number of nitriles is 1. The van der Waals surface area contributed by atoms with Crippen LogP contribution in [0.3, 0.4) is 0 Å². The van der Waals surface area contributed by atoms with Gasteiger partial charge in [0.05, 0.1) is 11.1 Å². The highest BCUT2D eigenvalue weighted by Gasteiger charge is 2.34. The molecule has 3 heterocycles. The Hall–Kier alpha value is -4.57. The summed E-state index contributed by atoms with van der Waals surface area (Å²) < 4.78 is 14.2. The van der Waals surface area contributed by atoms with Gasteiger partial charge >= 0.3 is 0 Å². The monoisotopic (exact) mass is 498 g/mol. The maximum absolute atomic E-state index is 9.16. The summed E-state index contributed by atoms with van der Waals surface area (Å²) in [6, 6.07) is 30.4. The summed E-state index contributed by atoms with van der Waals surface area (Å²) in [6.45, 7) is 0.990. The van der Waals surface area contributed by atoms with Gasteiger partial charge in [0.25, 0.3) is 6.71 Å². The highest BCUT2D eigenvalue weighted by Crippen LogP contribution is 2.41. The molecule has 7 heteroatoms. The lowest BCUT2D eigenvalue weighted by molar-refractivity contribution is 0.268. The average molecular weight is 498 g/mol. The minimum absolute atomic E-state index is 0.177. The quantitative estimate of drug-likeness (QED) is 0.230. The van der Waals surface area contributed by atoms with Crippen molar-refractivity contribution in [2.45, 2.75) is 31.8 Å². The molecule has 0 spiro atoms. The van der Waals surface area contributed by atoms with Crippen LogP contribution in [0.25, 0.3) is 22.2 Å². The fourth-order valence-corrected chi connectivity index (χ4v) is 4.97. The molecule has 6 rings (SSSR count). The molecule has 0 bridgehead atoms. The van der Waals surface area contributed by atoms with Gasteiger partial charge in [-0.25, -0.2) is 5.26 Å². The third kappa shape index (κ3) is 4.86. The summed E-state index contributed by atoms with van der Waals surface area (Å²) in [4.78, 5) is 4.76. The minimum Gasteiger partial charge on any atom is -0.473 e. The Kier molecular flexibility index (Phi) is 6.54. The maximum Gasteiger partial charge on any atom is 0.269 e. The number of fused-ring (bicyclic) bond motifs is 1. The van der Waals surface area contributed by atoms with Crippen molar-refractivity contribution in [1.29, 1.82) is 5.26 Å². The predicted octanol–water partition coefficient (Wildman–Crippen LogP) is 6.45. The van der Waals surface area contributed by atoms with Crippen molar-refractivity contribution in [2.24, 2.45) is 7.05 Å². The number of hydrogen-bond acceptors (Lipinski definition) is 5. The van der Waals surface area contributed by atoms with Gasteiger partial charge in [0.15, 0.2) is 0 Å². The van der Waals surface area contributed by atoms with Crippen molar-refractivity contribution in [3.8, 4) is 29.0 Å². The van der Waals surface area contributed by atoms with Gasteiger partial charge in [0.2, 0.25) is 11.8 Å². The molecular formula is C31H27BN4O2. The minimum atomic E-state index is 0.177. The van der Waals surface area contributed by atoms with Crippen molar-refractivity contribution >= 4 is 17.6 Å². The van der Waals surface area contributed by atoms with Crippen molar-refractivity contribution in [3.05, 3.63) is 108 Å². The van der Waals surface area contributed by atoms with Gasteiger partial charge in [0.1, 0.15) is 18.9 Å². The van der Waals surface area contributed by atoms with Crippen molar-refractivity contribution < 1.29 is 9.47 Å². The molecule has 0 unspecified atom stereocenters. The Morgan fingerprint density at radius 2 is 1.58 bits per heavy atom. The fourth-order valence-electron chi connectivity index (χ4n) is 4.97. The zero-order valence-electron chi connectivity index (χ0n) is 21.2. The van der Waals surface area contributed by atoms with Gasteiger partial charge in [-0.1, -0.05) is 85.4 Å². The third-order valence-electron chi connectivity index (χ3n) is 7.21. The molecule has 0 atom stereocenters. The molecule has 1 fully saturated rings. The van der Waals surface area contributed by atoms with Crippen molar-refractivity contribution in [2.75, 3.05) is 0 Å².